The van der Waals surface area contributed by atoms with Gasteiger partial charge in [0.1, 0.15) is 5.82 Å². The number of aromatic amines is 1. The number of aromatic carboxylic acids is 1. The van der Waals surface area contributed by atoms with Crippen LogP contribution in [0.3, 0.4) is 0 Å². The topological polar surface area (TPSA) is 66.0 Å². The van der Waals surface area contributed by atoms with Gasteiger partial charge < -0.3 is 10.1 Å². The molecular weight excluding hydrogens is 192 g/mol. The van der Waals surface area contributed by atoms with E-state index in [4.69, 9.17) is 5.11 Å². The van der Waals surface area contributed by atoms with Crippen LogP contribution in [0.4, 0.5) is 0 Å². The molecule has 0 fully saturated rings. The number of hydrogen-bond acceptors (Lipinski definition) is 2. The Balaban J connectivity index is 2.70. The summed E-state index contributed by atoms with van der Waals surface area (Å²) in [5.74, 6) is -0.0247. The molecule has 2 rings (SSSR count). The highest BCUT2D eigenvalue weighted by atomic mass is 16.4. The number of hydrogen-bond donors (Lipinski definition) is 2. The number of carbonyl (C=O) groups is 1. The van der Waals surface area contributed by atoms with E-state index in [-0.39, 0.29) is 0 Å². The molecule has 0 unspecified atom stereocenters. The molecule has 2 aromatic rings. The van der Waals surface area contributed by atoms with Gasteiger partial charge in [0.05, 0.1) is 16.6 Å². The van der Waals surface area contributed by atoms with E-state index in [1.165, 1.54) is 0 Å². The fourth-order valence-electron chi connectivity index (χ4n) is 1.63. The molecule has 0 saturated carbocycles. The second-order valence-corrected chi connectivity index (χ2v) is 3.53. The number of fused-ring (bicyclic) bond motifs is 1. The second kappa shape index (κ2) is 3.38. The molecule has 4 nitrogen and oxygen atoms in total. The number of nitrogens with one attached hydrogen (secondary N) is 1. The second-order valence-electron chi connectivity index (χ2n) is 3.53. The molecule has 0 bridgehead atoms. The summed E-state index contributed by atoms with van der Waals surface area (Å²) in [7, 11) is 0. The van der Waals surface area contributed by atoms with Crippen LogP contribution in [0, 0.1) is 6.92 Å². The van der Waals surface area contributed by atoms with Gasteiger partial charge in [-0.25, -0.2) is 9.78 Å². The zero-order valence-corrected chi connectivity index (χ0v) is 8.66. The van der Waals surface area contributed by atoms with Crippen molar-refractivity contribution in [3.05, 3.63) is 29.1 Å². The molecule has 2 N–H and O–H groups in total. The first-order valence-corrected chi connectivity index (χ1v) is 4.84. The smallest absolute Gasteiger partial charge is 0.335 e. The Bertz CT molecular complexity index is 529. The molecule has 0 aliphatic heterocycles. The van der Waals surface area contributed by atoms with E-state index in [1.807, 2.05) is 13.8 Å². The quantitative estimate of drug-likeness (QED) is 0.787. The number of rotatable bonds is 2. The number of aryl methyl sites for hydroxylation is 2. The van der Waals surface area contributed by atoms with Crippen molar-refractivity contribution in [1.29, 1.82) is 0 Å². The van der Waals surface area contributed by atoms with E-state index in [2.05, 4.69) is 9.97 Å². The van der Waals surface area contributed by atoms with Gasteiger partial charge in [-0.3, -0.25) is 0 Å². The summed E-state index contributed by atoms with van der Waals surface area (Å²) in [5, 5.41) is 8.90. The SMILES string of the molecule is CCc1nc2c(C)cc(C(=O)O)cc2[nH]1. The maximum atomic E-state index is 10.8. The molecule has 0 radical (unpaired) electrons. The molecule has 0 spiro atoms. The Hall–Kier alpha value is -1.84. The summed E-state index contributed by atoms with van der Waals surface area (Å²) in [6.07, 6.45) is 0.816. The fourth-order valence-corrected chi connectivity index (χ4v) is 1.63. The van der Waals surface area contributed by atoms with Crippen LogP contribution in [0.15, 0.2) is 12.1 Å². The van der Waals surface area contributed by atoms with Crippen LogP contribution in [0.25, 0.3) is 11.0 Å². The normalized spacial score (nSPS) is 10.8. The monoisotopic (exact) mass is 204 g/mol. The Morgan fingerprint density at radius 1 is 1.53 bits per heavy atom. The maximum absolute atomic E-state index is 10.8. The summed E-state index contributed by atoms with van der Waals surface area (Å²) in [6, 6.07) is 3.27. The molecule has 0 saturated heterocycles. The lowest BCUT2D eigenvalue weighted by Gasteiger charge is -1.97. The van der Waals surface area contributed by atoms with E-state index < -0.39 is 5.97 Å². The molecular formula is C11H12N2O2. The third-order valence-electron chi connectivity index (χ3n) is 2.41. The van der Waals surface area contributed by atoms with Crippen LogP contribution in [-0.4, -0.2) is 21.0 Å². The van der Waals surface area contributed by atoms with Crippen LogP contribution in [-0.2, 0) is 6.42 Å². The highest BCUT2D eigenvalue weighted by molar-refractivity contribution is 5.93. The Labute approximate surface area is 87.0 Å². The van der Waals surface area contributed by atoms with Crippen LogP contribution < -0.4 is 0 Å². The van der Waals surface area contributed by atoms with Crippen LogP contribution in [0.5, 0.6) is 0 Å². The lowest BCUT2D eigenvalue weighted by Crippen LogP contribution is -1.96. The molecule has 78 valence electrons. The van der Waals surface area contributed by atoms with Crippen LogP contribution in [0.1, 0.15) is 28.7 Å². The summed E-state index contributed by atoms with van der Waals surface area (Å²) < 4.78 is 0. The van der Waals surface area contributed by atoms with Gasteiger partial charge in [0.2, 0.25) is 0 Å². The Morgan fingerprint density at radius 2 is 2.27 bits per heavy atom. The number of nitrogens with zero attached hydrogens (tertiary/aromatic N) is 1. The highest BCUT2D eigenvalue weighted by Gasteiger charge is 2.09. The first kappa shape index (κ1) is 9.71. The lowest BCUT2D eigenvalue weighted by molar-refractivity contribution is 0.0697. The molecule has 1 heterocycles. The molecule has 15 heavy (non-hydrogen) atoms. The minimum Gasteiger partial charge on any atom is -0.478 e. The van der Waals surface area contributed by atoms with E-state index >= 15 is 0 Å². The summed E-state index contributed by atoms with van der Waals surface area (Å²) in [4.78, 5) is 18.3. The molecule has 0 atom stereocenters. The van der Waals surface area contributed by atoms with Gasteiger partial charge in [-0.15, -0.1) is 0 Å². The third-order valence-corrected chi connectivity index (χ3v) is 2.41. The predicted molar refractivity (Wildman–Crippen MR) is 57.2 cm³/mol. The Kier molecular flexibility index (Phi) is 2.19. The Morgan fingerprint density at radius 3 is 2.87 bits per heavy atom. The van der Waals surface area contributed by atoms with Gasteiger partial charge in [-0.2, -0.15) is 0 Å². The van der Waals surface area contributed by atoms with Gasteiger partial charge in [0, 0.05) is 6.42 Å². The number of benzene rings is 1. The predicted octanol–water partition coefficient (Wildman–Crippen LogP) is 2.13. The minimum atomic E-state index is -0.910. The van der Waals surface area contributed by atoms with Crippen molar-refractivity contribution >= 4 is 17.0 Å². The molecule has 0 aliphatic carbocycles. The zero-order valence-electron chi connectivity index (χ0n) is 8.66. The highest BCUT2D eigenvalue weighted by Crippen LogP contribution is 2.18. The molecule has 0 aliphatic rings. The van der Waals surface area contributed by atoms with Crippen molar-refractivity contribution in [3.63, 3.8) is 0 Å². The lowest BCUT2D eigenvalue weighted by atomic mass is 10.1. The van der Waals surface area contributed by atoms with Gasteiger partial charge in [-0.05, 0) is 24.6 Å². The van der Waals surface area contributed by atoms with Crippen molar-refractivity contribution in [1.82, 2.24) is 9.97 Å². The zero-order chi connectivity index (χ0) is 11.0. The fraction of sp³-hybridized carbons (Fsp3) is 0.273. The van der Waals surface area contributed by atoms with Gasteiger partial charge >= 0.3 is 5.97 Å². The first-order valence-electron chi connectivity index (χ1n) is 4.84. The van der Waals surface area contributed by atoms with Crippen molar-refractivity contribution < 1.29 is 9.90 Å². The van der Waals surface area contributed by atoms with E-state index in [9.17, 15) is 4.79 Å². The molecule has 1 aromatic heterocycles. The summed E-state index contributed by atoms with van der Waals surface area (Å²) in [5.41, 5.74) is 2.84. The van der Waals surface area contributed by atoms with Crippen molar-refractivity contribution in [2.45, 2.75) is 20.3 Å². The summed E-state index contributed by atoms with van der Waals surface area (Å²) in [6.45, 7) is 3.88. The average molecular weight is 204 g/mol. The van der Waals surface area contributed by atoms with Crippen LogP contribution in [0.2, 0.25) is 0 Å². The van der Waals surface area contributed by atoms with E-state index in [0.717, 1.165) is 28.8 Å². The first-order chi connectivity index (χ1) is 7.11. The van der Waals surface area contributed by atoms with Crippen LogP contribution >= 0.6 is 0 Å². The average Bonchev–Trinajstić information content (AvgIpc) is 2.61. The van der Waals surface area contributed by atoms with Crippen molar-refractivity contribution in [2.24, 2.45) is 0 Å². The number of carboxylic acid groups (broad SMARTS) is 1. The molecule has 0 amide bonds. The summed E-state index contributed by atoms with van der Waals surface area (Å²) >= 11 is 0. The number of imidazole rings is 1. The molecule has 1 aromatic carbocycles. The largest absolute Gasteiger partial charge is 0.478 e. The third kappa shape index (κ3) is 1.58. The maximum Gasteiger partial charge on any atom is 0.335 e. The van der Waals surface area contributed by atoms with Crippen molar-refractivity contribution in [2.75, 3.05) is 0 Å². The van der Waals surface area contributed by atoms with Crippen molar-refractivity contribution in [3.8, 4) is 0 Å². The number of carboxylic acids is 1. The van der Waals surface area contributed by atoms with E-state index in [1.54, 1.807) is 12.1 Å². The van der Waals surface area contributed by atoms with Gasteiger partial charge in [0.15, 0.2) is 0 Å². The van der Waals surface area contributed by atoms with E-state index in [0.29, 0.717) is 5.56 Å². The minimum absolute atomic E-state index is 0.298. The number of H-pyrrole nitrogens is 1. The number of aromatic nitrogens is 2. The van der Waals surface area contributed by atoms with Gasteiger partial charge in [-0.1, -0.05) is 6.92 Å². The van der Waals surface area contributed by atoms with Gasteiger partial charge in [0.25, 0.3) is 0 Å². The standard InChI is InChI=1S/C11H12N2O2/c1-3-9-12-8-5-7(11(14)15)4-6(2)10(8)13-9/h4-5H,3H2,1-2H3,(H,12,13)(H,14,15). The molecule has 4 heteroatoms.